The summed E-state index contributed by atoms with van der Waals surface area (Å²) in [4.78, 5) is 23.7. The van der Waals surface area contributed by atoms with Crippen LogP contribution >= 0.6 is 11.6 Å². The van der Waals surface area contributed by atoms with Crippen LogP contribution < -0.4 is 16.0 Å². The molecule has 0 bridgehead atoms. The Morgan fingerprint density at radius 1 is 1.37 bits per heavy atom. The first kappa shape index (κ1) is 19.0. The van der Waals surface area contributed by atoms with Crippen LogP contribution in [-0.2, 0) is 18.0 Å². The number of halogens is 4. The minimum atomic E-state index is -4.59. The van der Waals surface area contributed by atoms with Gasteiger partial charge in [-0.05, 0) is 23.8 Å². The van der Waals surface area contributed by atoms with E-state index in [9.17, 15) is 22.8 Å². The van der Waals surface area contributed by atoms with E-state index in [4.69, 9.17) is 11.6 Å². The largest absolute Gasteiger partial charge is 0.433 e. The molecule has 2 heterocycles. The Bertz CT molecular complexity index is 866. The van der Waals surface area contributed by atoms with Crippen LogP contribution in [0.2, 0.25) is 5.02 Å². The summed E-state index contributed by atoms with van der Waals surface area (Å²) in [5, 5.41) is 11.9. The predicted octanol–water partition coefficient (Wildman–Crippen LogP) is 1.98. The summed E-state index contributed by atoms with van der Waals surface area (Å²) in [6.07, 6.45) is -4.59. The molecule has 3 rings (SSSR count). The number of alkyl halides is 3. The van der Waals surface area contributed by atoms with Crippen molar-refractivity contribution in [3.63, 3.8) is 0 Å². The van der Waals surface area contributed by atoms with E-state index in [1.807, 2.05) is 0 Å². The molecule has 3 N–H and O–H groups in total. The smallest absolute Gasteiger partial charge is 0.342 e. The topological polar surface area (TPSA) is 88.1 Å². The number of benzene rings is 1. The summed E-state index contributed by atoms with van der Waals surface area (Å²) < 4.78 is 40.0. The maximum Gasteiger partial charge on any atom is 0.433 e. The van der Waals surface area contributed by atoms with Crippen LogP contribution in [0.1, 0.15) is 23.0 Å². The molecule has 2 atom stereocenters. The maximum atomic E-state index is 13.1. The molecule has 0 spiro atoms. The molecule has 2 aromatic rings. The van der Waals surface area contributed by atoms with Gasteiger partial charge in [0.25, 0.3) is 0 Å². The fourth-order valence-electron chi connectivity index (χ4n) is 2.74. The average Bonchev–Trinajstić information content (AvgIpc) is 3.19. The van der Waals surface area contributed by atoms with Crippen molar-refractivity contribution in [3.8, 4) is 0 Å². The molecule has 144 valence electrons. The summed E-state index contributed by atoms with van der Waals surface area (Å²) in [5.41, 5.74) is -0.434. The number of nitrogens with one attached hydrogen (secondary N) is 3. The quantitative estimate of drug-likeness (QED) is 0.732. The van der Waals surface area contributed by atoms with Crippen LogP contribution in [0, 0.1) is 0 Å². The normalized spacial score (nSPS) is 18.0. The lowest BCUT2D eigenvalue weighted by Gasteiger charge is -2.19. The van der Waals surface area contributed by atoms with E-state index in [1.54, 1.807) is 24.3 Å². The number of carbonyl (C=O) groups is 2. The van der Waals surface area contributed by atoms with E-state index < -0.39 is 35.9 Å². The lowest BCUT2D eigenvalue weighted by atomic mass is 10.0. The lowest BCUT2D eigenvalue weighted by molar-refractivity contribution is -0.143. The van der Waals surface area contributed by atoms with Gasteiger partial charge in [0.2, 0.25) is 5.91 Å². The highest BCUT2D eigenvalue weighted by Gasteiger charge is 2.37. The number of hydrogen-bond donors (Lipinski definition) is 3. The predicted molar refractivity (Wildman–Crippen MR) is 90.0 cm³/mol. The highest BCUT2D eigenvalue weighted by atomic mass is 35.5. The molecule has 0 aliphatic carbocycles. The van der Waals surface area contributed by atoms with Gasteiger partial charge in [0.05, 0.1) is 11.7 Å². The minimum Gasteiger partial charge on any atom is -0.342 e. The van der Waals surface area contributed by atoms with Crippen molar-refractivity contribution in [2.24, 2.45) is 7.05 Å². The van der Waals surface area contributed by atoms with Crippen molar-refractivity contribution in [1.29, 1.82) is 0 Å². The van der Waals surface area contributed by atoms with Gasteiger partial charge in [0, 0.05) is 18.6 Å². The molecular formula is C16H15ClF3N5O2. The first-order valence-corrected chi connectivity index (χ1v) is 8.24. The van der Waals surface area contributed by atoms with Crippen molar-refractivity contribution < 1.29 is 22.8 Å². The standard InChI is InChI=1S/C16H15ClF3N5O2/c1-25-12(16(18,19)20)6-10(24-25)13(8-2-4-9(17)5-3-8)23-14(26)11-7-21-15(27)22-11/h2-6,11,13H,7H2,1H3,(H,23,26)(H2,21,22,27)/t11-,13?/m0/s1. The fourth-order valence-corrected chi connectivity index (χ4v) is 2.86. The van der Waals surface area contributed by atoms with Crippen LogP contribution in [0.25, 0.3) is 0 Å². The van der Waals surface area contributed by atoms with Gasteiger partial charge in [0.15, 0.2) is 0 Å². The SMILES string of the molecule is Cn1nc(C(NC(=O)[C@@H]2CNC(=O)N2)c2ccc(Cl)cc2)cc1C(F)(F)F. The van der Waals surface area contributed by atoms with Gasteiger partial charge in [-0.2, -0.15) is 18.3 Å². The van der Waals surface area contributed by atoms with Gasteiger partial charge in [0.1, 0.15) is 11.7 Å². The monoisotopic (exact) mass is 401 g/mol. The number of amides is 3. The number of carbonyl (C=O) groups excluding carboxylic acids is 2. The second-order valence-corrected chi connectivity index (χ2v) is 6.41. The molecule has 27 heavy (non-hydrogen) atoms. The molecule has 1 aliphatic heterocycles. The zero-order chi connectivity index (χ0) is 19.8. The minimum absolute atomic E-state index is 0.0118. The van der Waals surface area contributed by atoms with E-state index >= 15 is 0 Å². The number of aromatic nitrogens is 2. The van der Waals surface area contributed by atoms with Gasteiger partial charge >= 0.3 is 12.2 Å². The van der Waals surface area contributed by atoms with Gasteiger partial charge in [-0.25, -0.2) is 4.79 Å². The molecule has 1 aromatic heterocycles. The Morgan fingerprint density at radius 3 is 2.56 bits per heavy atom. The summed E-state index contributed by atoms with van der Waals surface area (Å²) in [7, 11) is 1.17. The summed E-state index contributed by atoms with van der Waals surface area (Å²) in [6.45, 7) is 0.0774. The summed E-state index contributed by atoms with van der Waals surface area (Å²) in [5.74, 6) is -0.549. The highest BCUT2D eigenvalue weighted by Crippen LogP contribution is 2.32. The first-order valence-electron chi connectivity index (χ1n) is 7.86. The lowest BCUT2D eigenvalue weighted by Crippen LogP contribution is -2.44. The molecule has 0 radical (unpaired) electrons. The van der Waals surface area contributed by atoms with Crippen molar-refractivity contribution >= 4 is 23.5 Å². The van der Waals surface area contributed by atoms with Crippen LogP contribution in [-0.4, -0.2) is 34.3 Å². The molecule has 3 amide bonds. The van der Waals surface area contributed by atoms with Gasteiger partial charge in [-0.15, -0.1) is 0 Å². The molecule has 7 nitrogen and oxygen atoms in total. The third-order valence-corrected chi connectivity index (χ3v) is 4.32. The number of aryl methyl sites for hydroxylation is 1. The number of urea groups is 1. The number of nitrogens with zero attached hydrogens (tertiary/aromatic N) is 2. The Kier molecular flexibility index (Phi) is 5.01. The fraction of sp³-hybridized carbons (Fsp3) is 0.312. The molecule has 0 saturated carbocycles. The zero-order valence-corrected chi connectivity index (χ0v) is 14.7. The van der Waals surface area contributed by atoms with E-state index in [-0.39, 0.29) is 12.2 Å². The molecular weight excluding hydrogens is 387 g/mol. The first-order chi connectivity index (χ1) is 12.6. The van der Waals surface area contributed by atoms with Crippen LogP contribution in [0.4, 0.5) is 18.0 Å². The van der Waals surface area contributed by atoms with Gasteiger partial charge < -0.3 is 16.0 Å². The second kappa shape index (κ2) is 7.10. The second-order valence-electron chi connectivity index (χ2n) is 5.98. The highest BCUT2D eigenvalue weighted by molar-refractivity contribution is 6.30. The van der Waals surface area contributed by atoms with Gasteiger partial charge in [-0.1, -0.05) is 23.7 Å². The molecule has 1 unspecified atom stereocenters. The molecule has 1 aromatic carbocycles. The number of rotatable bonds is 4. The Labute approximate surface area is 156 Å². The third-order valence-electron chi connectivity index (χ3n) is 4.06. The van der Waals surface area contributed by atoms with Crippen LogP contribution in [0.15, 0.2) is 30.3 Å². The molecule has 1 aliphatic rings. The van der Waals surface area contributed by atoms with Crippen molar-refractivity contribution in [2.45, 2.75) is 18.3 Å². The van der Waals surface area contributed by atoms with E-state index in [0.717, 1.165) is 6.07 Å². The van der Waals surface area contributed by atoms with Crippen molar-refractivity contribution in [3.05, 3.63) is 52.3 Å². The molecule has 1 fully saturated rings. The van der Waals surface area contributed by atoms with Crippen molar-refractivity contribution in [2.75, 3.05) is 6.54 Å². The Morgan fingerprint density at radius 2 is 2.04 bits per heavy atom. The third kappa shape index (κ3) is 4.16. The number of hydrogen-bond acceptors (Lipinski definition) is 3. The molecule has 1 saturated heterocycles. The van der Waals surface area contributed by atoms with Gasteiger partial charge in [-0.3, -0.25) is 9.48 Å². The molecule has 11 heteroatoms. The van der Waals surface area contributed by atoms with E-state index in [1.165, 1.54) is 7.05 Å². The Hall–Kier alpha value is -2.75. The van der Waals surface area contributed by atoms with E-state index in [0.29, 0.717) is 15.3 Å². The van der Waals surface area contributed by atoms with Crippen LogP contribution in [0.5, 0.6) is 0 Å². The maximum absolute atomic E-state index is 13.1. The average molecular weight is 402 g/mol. The summed E-state index contributed by atoms with van der Waals surface area (Å²) >= 11 is 5.87. The summed E-state index contributed by atoms with van der Waals surface area (Å²) in [6, 6.07) is 4.89. The Balaban J connectivity index is 1.94. The zero-order valence-electron chi connectivity index (χ0n) is 14.0. The van der Waals surface area contributed by atoms with Crippen molar-refractivity contribution in [1.82, 2.24) is 25.7 Å². The van der Waals surface area contributed by atoms with E-state index in [2.05, 4.69) is 21.0 Å². The van der Waals surface area contributed by atoms with Crippen LogP contribution in [0.3, 0.4) is 0 Å².